The van der Waals surface area contributed by atoms with E-state index in [0.717, 1.165) is 44.1 Å². The van der Waals surface area contributed by atoms with Crippen LogP contribution in [-0.2, 0) is 10.2 Å². The van der Waals surface area contributed by atoms with Crippen LogP contribution in [0, 0.1) is 11.7 Å². The lowest BCUT2D eigenvalue weighted by Crippen LogP contribution is -2.36. The molecule has 1 unspecified atom stereocenters. The third kappa shape index (κ3) is 4.05. The van der Waals surface area contributed by atoms with Crippen molar-refractivity contribution in [2.75, 3.05) is 6.54 Å². The van der Waals surface area contributed by atoms with Gasteiger partial charge in [-0.1, -0.05) is 38.8 Å². The molecule has 1 aliphatic carbocycles. The number of carbonyl (C=O) groups excluding carboxylic acids is 1. The number of rotatable bonds is 8. The Bertz CT molecular complexity index is 465. The highest BCUT2D eigenvalue weighted by atomic mass is 19.1. The predicted molar refractivity (Wildman–Crippen MR) is 83.6 cm³/mol. The first kappa shape index (κ1) is 16.0. The first-order chi connectivity index (χ1) is 10.1. The maximum Gasteiger partial charge on any atom is 0.223 e. The van der Waals surface area contributed by atoms with E-state index >= 15 is 0 Å². The predicted octanol–water partition coefficient (Wildman–Crippen LogP) is 4.19. The van der Waals surface area contributed by atoms with Crippen molar-refractivity contribution in [1.82, 2.24) is 5.32 Å². The maximum atomic E-state index is 13.0. The van der Waals surface area contributed by atoms with E-state index in [-0.39, 0.29) is 23.1 Å². The van der Waals surface area contributed by atoms with Crippen LogP contribution in [0.1, 0.15) is 57.9 Å². The molecule has 1 aliphatic rings. The molecule has 1 N–H and O–H groups in total. The molecule has 0 aromatic heterocycles. The zero-order valence-corrected chi connectivity index (χ0v) is 13.1. The van der Waals surface area contributed by atoms with Crippen molar-refractivity contribution in [1.29, 1.82) is 0 Å². The van der Waals surface area contributed by atoms with Gasteiger partial charge in [-0.3, -0.25) is 4.79 Å². The van der Waals surface area contributed by atoms with Crippen LogP contribution in [0.15, 0.2) is 24.3 Å². The average molecular weight is 291 g/mol. The second kappa shape index (κ2) is 7.06. The van der Waals surface area contributed by atoms with Crippen molar-refractivity contribution in [2.45, 2.75) is 57.8 Å². The van der Waals surface area contributed by atoms with Gasteiger partial charge in [-0.25, -0.2) is 4.39 Å². The number of nitrogens with one attached hydrogen (secondary N) is 1. The summed E-state index contributed by atoms with van der Waals surface area (Å²) in [4.78, 5) is 12.3. The van der Waals surface area contributed by atoms with Gasteiger partial charge >= 0.3 is 0 Å². The zero-order chi connectivity index (χ0) is 15.3. The van der Waals surface area contributed by atoms with Crippen LogP contribution in [0.2, 0.25) is 0 Å². The Morgan fingerprint density at radius 1 is 1.29 bits per heavy atom. The Morgan fingerprint density at radius 3 is 2.48 bits per heavy atom. The molecule has 1 fully saturated rings. The first-order valence-electron chi connectivity index (χ1n) is 8.15. The molecule has 0 aliphatic heterocycles. The summed E-state index contributed by atoms with van der Waals surface area (Å²) in [5.41, 5.74) is 1.19. The van der Waals surface area contributed by atoms with E-state index in [1.54, 1.807) is 0 Å². The van der Waals surface area contributed by atoms with Gasteiger partial charge in [0.05, 0.1) is 0 Å². The van der Waals surface area contributed by atoms with Gasteiger partial charge in [-0.2, -0.15) is 0 Å². The van der Waals surface area contributed by atoms with Crippen LogP contribution in [0.5, 0.6) is 0 Å². The van der Waals surface area contributed by atoms with E-state index < -0.39 is 0 Å². The Labute approximate surface area is 127 Å². The standard InChI is InChI=1S/C18H26FNO/c1-3-5-6-14(4-2)17(21)20-13-18(11-12-18)15-7-9-16(19)10-8-15/h7-10,14H,3-6,11-13H2,1-2H3,(H,20,21). The number of unbranched alkanes of at least 4 members (excludes halogenated alkanes) is 1. The van der Waals surface area contributed by atoms with Crippen LogP contribution >= 0.6 is 0 Å². The minimum atomic E-state index is -0.204. The molecule has 1 amide bonds. The highest BCUT2D eigenvalue weighted by molar-refractivity contribution is 5.78. The molecular weight excluding hydrogens is 265 g/mol. The summed E-state index contributed by atoms with van der Waals surface area (Å²) in [6, 6.07) is 6.71. The highest BCUT2D eigenvalue weighted by Crippen LogP contribution is 2.47. The Balaban J connectivity index is 1.89. The normalized spacial score (nSPS) is 17.3. The summed E-state index contributed by atoms with van der Waals surface area (Å²) in [5.74, 6) is 0.109. The van der Waals surface area contributed by atoms with Crippen LogP contribution in [0.25, 0.3) is 0 Å². The summed E-state index contributed by atoms with van der Waals surface area (Å²) in [6.07, 6.45) is 6.26. The molecule has 1 aromatic rings. The molecule has 0 bridgehead atoms. The lowest BCUT2D eigenvalue weighted by atomic mass is 9.94. The number of carbonyl (C=O) groups is 1. The summed E-state index contributed by atoms with van der Waals surface area (Å²) in [7, 11) is 0. The van der Waals surface area contributed by atoms with Gasteiger partial charge in [-0.15, -0.1) is 0 Å². The van der Waals surface area contributed by atoms with E-state index in [4.69, 9.17) is 0 Å². The van der Waals surface area contributed by atoms with Crippen LogP contribution in [0.3, 0.4) is 0 Å². The summed E-state index contributed by atoms with van der Waals surface area (Å²) in [6.45, 7) is 4.91. The molecular formula is C18H26FNO. The number of hydrogen-bond acceptors (Lipinski definition) is 1. The fourth-order valence-electron chi connectivity index (χ4n) is 2.89. The molecule has 0 spiro atoms. The second-order valence-corrected chi connectivity index (χ2v) is 6.25. The van der Waals surface area contributed by atoms with E-state index in [2.05, 4.69) is 19.2 Å². The summed E-state index contributed by atoms with van der Waals surface area (Å²) < 4.78 is 13.0. The third-order valence-electron chi connectivity index (χ3n) is 4.68. The fourth-order valence-corrected chi connectivity index (χ4v) is 2.89. The van der Waals surface area contributed by atoms with Crippen molar-refractivity contribution in [3.63, 3.8) is 0 Å². The van der Waals surface area contributed by atoms with Crippen molar-refractivity contribution < 1.29 is 9.18 Å². The minimum absolute atomic E-state index is 0.0480. The van der Waals surface area contributed by atoms with E-state index in [0.29, 0.717) is 6.54 Å². The molecule has 1 saturated carbocycles. The van der Waals surface area contributed by atoms with E-state index in [1.807, 2.05) is 12.1 Å². The Morgan fingerprint density at radius 2 is 1.95 bits per heavy atom. The first-order valence-corrected chi connectivity index (χ1v) is 8.15. The van der Waals surface area contributed by atoms with Crippen molar-refractivity contribution in [3.05, 3.63) is 35.6 Å². The van der Waals surface area contributed by atoms with Crippen molar-refractivity contribution in [2.24, 2.45) is 5.92 Å². The van der Waals surface area contributed by atoms with Crippen LogP contribution in [0.4, 0.5) is 4.39 Å². The SMILES string of the molecule is CCCCC(CC)C(=O)NCC1(c2ccc(F)cc2)CC1. The number of hydrogen-bond donors (Lipinski definition) is 1. The van der Waals surface area contributed by atoms with Gasteiger partial charge in [0.2, 0.25) is 5.91 Å². The molecule has 1 atom stereocenters. The smallest absolute Gasteiger partial charge is 0.223 e. The number of benzene rings is 1. The zero-order valence-electron chi connectivity index (χ0n) is 13.1. The quantitative estimate of drug-likeness (QED) is 0.764. The Hall–Kier alpha value is -1.38. The topological polar surface area (TPSA) is 29.1 Å². The molecule has 2 rings (SSSR count). The second-order valence-electron chi connectivity index (χ2n) is 6.25. The molecule has 2 nitrogen and oxygen atoms in total. The molecule has 0 saturated heterocycles. The van der Waals surface area contributed by atoms with Gasteiger partial charge in [0.15, 0.2) is 0 Å². The summed E-state index contributed by atoms with van der Waals surface area (Å²) in [5, 5.41) is 3.13. The molecule has 3 heteroatoms. The van der Waals surface area contributed by atoms with Crippen LogP contribution in [-0.4, -0.2) is 12.5 Å². The lowest BCUT2D eigenvalue weighted by Gasteiger charge is -2.20. The largest absolute Gasteiger partial charge is 0.355 e. The summed E-state index contributed by atoms with van der Waals surface area (Å²) >= 11 is 0. The van der Waals surface area contributed by atoms with Gasteiger partial charge in [-0.05, 0) is 43.4 Å². The highest BCUT2D eigenvalue weighted by Gasteiger charge is 2.44. The van der Waals surface area contributed by atoms with Gasteiger partial charge in [0, 0.05) is 17.9 Å². The monoisotopic (exact) mass is 291 g/mol. The maximum absolute atomic E-state index is 13.0. The fraction of sp³-hybridized carbons (Fsp3) is 0.611. The van der Waals surface area contributed by atoms with E-state index in [9.17, 15) is 9.18 Å². The number of halogens is 1. The average Bonchev–Trinajstić information content (AvgIpc) is 3.28. The van der Waals surface area contributed by atoms with Gasteiger partial charge in [0.1, 0.15) is 5.82 Å². The van der Waals surface area contributed by atoms with Gasteiger partial charge in [0.25, 0.3) is 0 Å². The lowest BCUT2D eigenvalue weighted by molar-refractivity contribution is -0.125. The Kier molecular flexibility index (Phi) is 5.38. The molecule has 21 heavy (non-hydrogen) atoms. The molecule has 1 aromatic carbocycles. The van der Waals surface area contributed by atoms with Crippen molar-refractivity contribution in [3.8, 4) is 0 Å². The number of amides is 1. The molecule has 0 heterocycles. The van der Waals surface area contributed by atoms with Gasteiger partial charge < -0.3 is 5.32 Å². The van der Waals surface area contributed by atoms with Crippen molar-refractivity contribution >= 4 is 5.91 Å². The molecule has 116 valence electrons. The molecule has 0 radical (unpaired) electrons. The third-order valence-corrected chi connectivity index (χ3v) is 4.68. The van der Waals surface area contributed by atoms with E-state index in [1.165, 1.54) is 12.1 Å². The van der Waals surface area contributed by atoms with Crippen LogP contribution < -0.4 is 5.32 Å². The minimum Gasteiger partial charge on any atom is -0.355 e.